The third-order valence-corrected chi connectivity index (χ3v) is 6.21. The number of piperidine rings is 1. The highest BCUT2D eigenvalue weighted by Crippen LogP contribution is 2.22. The Labute approximate surface area is 165 Å². The van der Waals surface area contributed by atoms with Crippen molar-refractivity contribution in [2.24, 2.45) is 0 Å². The number of amides is 1. The number of carbonyl (C=O) groups is 2. The minimum atomic E-state index is -3.74. The molecule has 0 aliphatic carbocycles. The summed E-state index contributed by atoms with van der Waals surface area (Å²) in [4.78, 5) is 26.3. The summed E-state index contributed by atoms with van der Waals surface area (Å²) in [7, 11) is -3.74. The summed E-state index contributed by atoms with van der Waals surface area (Å²) in [5, 5.41) is 8.47. The van der Waals surface area contributed by atoms with Crippen LogP contribution < -0.4 is 4.72 Å². The zero-order valence-corrected chi connectivity index (χ0v) is 16.9. The van der Waals surface area contributed by atoms with Crippen LogP contribution in [-0.4, -0.2) is 50.4 Å². The Morgan fingerprint density at radius 1 is 1.21 bits per heavy atom. The number of carbonyl (C=O) groups excluding carboxylic acids is 2. The molecule has 2 rings (SSSR count). The van der Waals surface area contributed by atoms with Crippen LogP contribution >= 0.6 is 0 Å². The van der Waals surface area contributed by atoms with Crippen molar-refractivity contribution in [3.05, 3.63) is 29.8 Å². The molecular weight excluding hydrogens is 382 g/mol. The van der Waals surface area contributed by atoms with E-state index in [9.17, 15) is 18.0 Å². The number of hydrogen-bond acceptors (Lipinski definition) is 6. The van der Waals surface area contributed by atoms with Crippen LogP contribution in [0.5, 0.6) is 0 Å². The third-order valence-electron chi connectivity index (χ3n) is 4.74. The van der Waals surface area contributed by atoms with Gasteiger partial charge >= 0.3 is 5.97 Å². The number of hydrogen-bond donors (Lipinski definition) is 1. The molecule has 1 aromatic carbocycles. The smallest absolute Gasteiger partial charge is 0.338 e. The standard InChI is InChI=1S/C19H25N3O5S/c1-14-5-3-6-15(2)22(14)18(23)13-27-19(24)16-7-9-17(10-8-16)28(25,26)21-12-4-11-20/h7-10,14-15,21H,3-6,12-13H2,1-2H3/t14-,15+. The van der Waals surface area contributed by atoms with Gasteiger partial charge in [-0.05, 0) is 57.4 Å². The molecule has 1 fully saturated rings. The Morgan fingerprint density at radius 2 is 1.82 bits per heavy atom. The average molecular weight is 407 g/mol. The van der Waals surface area contributed by atoms with Gasteiger partial charge in [0, 0.05) is 25.0 Å². The molecule has 0 saturated carbocycles. The van der Waals surface area contributed by atoms with E-state index in [1.54, 1.807) is 4.90 Å². The van der Waals surface area contributed by atoms with Crippen molar-refractivity contribution in [3.8, 4) is 6.07 Å². The first-order valence-corrected chi connectivity index (χ1v) is 10.7. The second-order valence-electron chi connectivity index (χ2n) is 6.84. The number of sulfonamides is 1. The molecule has 1 heterocycles. The number of nitrogens with zero attached hydrogens (tertiary/aromatic N) is 2. The summed E-state index contributed by atoms with van der Waals surface area (Å²) in [5.74, 6) is -0.916. The highest BCUT2D eigenvalue weighted by molar-refractivity contribution is 7.89. The monoisotopic (exact) mass is 407 g/mol. The Balaban J connectivity index is 1.94. The number of ether oxygens (including phenoxy) is 1. The topological polar surface area (TPSA) is 117 Å². The Morgan fingerprint density at radius 3 is 2.39 bits per heavy atom. The van der Waals surface area contributed by atoms with E-state index in [0.717, 1.165) is 19.3 Å². The molecule has 1 aliphatic heterocycles. The zero-order chi connectivity index (χ0) is 20.7. The van der Waals surface area contributed by atoms with Crippen molar-refractivity contribution in [2.45, 2.75) is 56.5 Å². The molecule has 1 amide bonds. The number of nitriles is 1. The lowest BCUT2D eigenvalue weighted by Gasteiger charge is -2.38. The van der Waals surface area contributed by atoms with Gasteiger partial charge in [-0.2, -0.15) is 5.26 Å². The first kappa shape index (κ1) is 21.9. The SMILES string of the molecule is C[C@@H]1CCC[C@H](C)N1C(=O)COC(=O)c1ccc(S(=O)(=O)NCCC#N)cc1. The summed E-state index contributed by atoms with van der Waals surface area (Å²) in [6.07, 6.45) is 3.00. The molecule has 8 nitrogen and oxygen atoms in total. The van der Waals surface area contributed by atoms with E-state index in [1.165, 1.54) is 24.3 Å². The second-order valence-corrected chi connectivity index (χ2v) is 8.60. The Kier molecular flexibility index (Phi) is 7.54. The van der Waals surface area contributed by atoms with Gasteiger partial charge < -0.3 is 9.64 Å². The summed E-state index contributed by atoms with van der Waals surface area (Å²) >= 11 is 0. The minimum Gasteiger partial charge on any atom is -0.452 e. The molecule has 2 atom stereocenters. The van der Waals surface area contributed by atoms with Crippen molar-refractivity contribution in [1.29, 1.82) is 5.26 Å². The molecule has 0 aromatic heterocycles. The predicted molar refractivity (Wildman–Crippen MR) is 102 cm³/mol. The first-order chi connectivity index (χ1) is 13.3. The second kappa shape index (κ2) is 9.66. The lowest BCUT2D eigenvalue weighted by molar-refractivity contribution is -0.140. The Hall–Kier alpha value is -2.44. The van der Waals surface area contributed by atoms with E-state index in [1.807, 2.05) is 19.9 Å². The van der Waals surface area contributed by atoms with Gasteiger partial charge in [-0.1, -0.05) is 0 Å². The fourth-order valence-corrected chi connectivity index (χ4v) is 4.32. The number of rotatable bonds is 7. The van der Waals surface area contributed by atoms with Crippen molar-refractivity contribution >= 4 is 21.9 Å². The molecule has 9 heteroatoms. The van der Waals surface area contributed by atoms with Crippen molar-refractivity contribution in [2.75, 3.05) is 13.2 Å². The summed E-state index contributed by atoms with van der Waals surface area (Å²) in [5.41, 5.74) is 0.156. The molecule has 1 aliphatic rings. The van der Waals surface area contributed by atoms with Crippen LogP contribution in [0, 0.1) is 11.3 Å². The average Bonchev–Trinajstić information content (AvgIpc) is 2.66. The van der Waals surface area contributed by atoms with Gasteiger partial charge in [0.1, 0.15) is 0 Å². The summed E-state index contributed by atoms with van der Waals surface area (Å²) in [6, 6.07) is 7.31. The fraction of sp³-hybridized carbons (Fsp3) is 0.526. The van der Waals surface area contributed by atoms with Gasteiger partial charge in [0.05, 0.1) is 16.5 Å². The predicted octanol–water partition coefficient (Wildman–Crippen LogP) is 1.82. The molecule has 1 N–H and O–H groups in total. The maximum atomic E-state index is 12.4. The lowest BCUT2D eigenvalue weighted by atomic mass is 9.97. The third kappa shape index (κ3) is 5.53. The van der Waals surface area contributed by atoms with Crippen LogP contribution in [-0.2, 0) is 19.6 Å². The van der Waals surface area contributed by atoms with Crippen LogP contribution in [0.25, 0.3) is 0 Å². The molecule has 0 spiro atoms. The lowest BCUT2D eigenvalue weighted by Crippen LogP contribution is -2.49. The van der Waals surface area contributed by atoms with Gasteiger partial charge in [0.15, 0.2) is 6.61 Å². The largest absolute Gasteiger partial charge is 0.452 e. The molecule has 0 bridgehead atoms. The van der Waals surface area contributed by atoms with Crippen molar-refractivity contribution < 1.29 is 22.7 Å². The number of benzene rings is 1. The molecular formula is C19H25N3O5S. The van der Waals surface area contributed by atoms with Crippen LogP contribution in [0.4, 0.5) is 0 Å². The highest BCUT2D eigenvalue weighted by atomic mass is 32.2. The first-order valence-electron chi connectivity index (χ1n) is 9.21. The summed E-state index contributed by atoms with van der Waals surface area (Å²) < 4.78 is 31.5. The van der Waals surface area contributed by atoms with Crippen LogP contribution in [0.1, 0.15) is 49.9 Å². The number of nitrogens with one attached hydrogen (secondary N) is 1. The van der Waals surface area contributed by atoms with Crippen molar-refractivity contribution in [3.63, 3.8) is 0 Å². The quantitative estimate of drug-likeness (QED) is 0.544. The van der Waals surface area contributed by atoms with Crippen molar-refractivity contribution in [1.82, 2.24) is 9.62 Å². The van der Waals surface area contributed by atoms with Crippen LogP contribution in [0.15, 0.2) is 29.2 Å². The fourth-order valence-electron chi connectivity index (χ4n) is 3.29. The van der Waals surface area contributed by atoms with Gasteiger partial charge in [0.25, 0.3) is 5.91 Å². The van der Waals surface area contributed by atoms with E-state index >= 15 is 0 Å². The molecule has 1 saturated heterocycles. The zero-order valence-electron chi connectivity index (χ0n) is 16.1. The Bertz CT molecular complexity index is 835. The van der Waals surface area contributed by atoms with Crippen LogP contribution in [0.2, 0.25) is 0 Å². The van der Waals surface area contributed by atoms with Crippen LogP contribution in [0.3, 0.4) is 0 Å². The van der Waals surface area contributed by atoms with Gasteiger partial charge in [0.2, 0.25) is 10.0 Å². The van der Waals surface area contributed by atoms with Gasteiger partial charge in [-0.25, -0.2) is 17.9 Å². The maximum Gasteiger partial charge on any atom is 0.338 e. The highest BCUT2D eigenvalue weighted by Gasteiger charge is 2.29. The minimum absolute atomic E-state index is 0.0120. The maximum absolute atomic E-state index is 12.4. The van der Waals surface area contributed by atoms with E-state index in [4.69, 9.17) is 10.00 Å². The number of esters is 1. The van der Waals surface area contributed by atoms with E-state index < -0.39 is 16.0 Å². The molecule has 1 aromatic rings. The van der Waals surface area contributed by atoms with E-state index in [-0.39, 0.29) is 48.0 Å². The van der Waals surface area contributed by atoms with Gasteiger partial charge in [-0.15, -0.1) is 0 Å². The molecule has 152 valence electrons. The molecule has 0 unspecified atom stereocenters. The van der Waals surface area contributed by atoms with E-state index in [0.29, 0.717) is 0 Å². The molecule has 28 heavy (non-hydrogen) atoms. The number of likely N-dealkylation sites (tertiary alicyclic amines) is 1. The molecule has 0 radical (unpaired) electrons. The summed E-state index contributed by atoms with van der Waals surface area (Å²) in [6.45, 7) is 3.64. The van der Waals surface area contributed by atoms with Gasteiger partial charge in [-0.3, -0.25) is 4.79 Å². The van der Waals surface area contributed by atoms with E-state index in [2.05, 4.69) is 4.72 Å². The normalized spacial score (nSPS) is 19.7.